The number of amides is 2. The van der Waals surface area contributed by atoms with Gasteiger partial charge >= 0.3 is 11.8 Å². The van der Waals surface area contributed by atoms with Crippen LogP contribution in [0.3, 0.4) is 0 Å². The summed E-state index contributed by atoms with van der Waals surface area (Å²) in [5.41, 5.74) is 1.12. The summed E-state index contributed by atoms with van der Waals surface area (Å²) in [6, 6.07) is 1.78. The second-order valence-electron chi connectivity index (χ2n) is 7.30. The van der Waals surface area contributed by atoms with Gasteiger partial charge < -0.3 is 15.4 Å². The molecule has 7 nitrogen and oxygen atoms in total. The minimum Gasteiger partial charge on any atom is -0.373 e. The van der Waals surface area contributed by atoms with Gasteiger partial charge in [0.05, 0.1) is 24.1 Å². The first kappa shape index (κ1) is 19.3. The molecule has 0 aliphatic carbocycles. The number of nitrogens with one attached hydrogen (secondary N) is 2. The Kier molecular flexibility index (Phi) is 6.13. The van der Waals surface area contributed by atoms with Gasteiger partial charge in [0, 0.05) is 31.4 Å². The zero-order chi connectivity index (χ0) is 18.6. The van der Waals surface area contributed by atoms with E-state index in [1.807, 2.05) is 20.8 Å². The Balaban J connectivity index is 1.89. The first-order valence-corrected chi connectivity index (χ1v) is 8.59. The van der Waals surface area contributed by atoms with Crippen LogP contribution in [0, 0.1) is 6.92 Å². The third kappa shape index (κ3) is 5.24. The average Bonchev–Trinajstić information content (AvgIpc) is 2.54. The van der Waals surface area contributed by atoms with E-state index in [2.05, 4.69) is 34.4 Å². The highest BCUT2D eigenvalue weighted by Gasteiger charge is 2.33. The van der Waals surface area contributed by atoms with Crippen molar-refractivity contribution in [1.82, 2.24) is 15.2 Å². The van der Waals surface area contributed by atoms with Crippen LogP contribution in [0.4, 0.5) is 5.69 Å². The molecule has 2 atom stereocenters. The van der Waals surface area contributed by atoms with Crippen LogP contribution in [-0.4, -0.2) is 59.1 Å². The van der Waals surface area contributed by atoms with Gasteiger partial charge in [-0.1, -0.05) is 0 Å². The number of pyridine rings is 1. The Labute approximate surface area is 149 Å². The number of hydrogen-bond acceptors (Lipinski definition) is 5. The second-order valence-corrected chi connectivity index (χ2v) is 7.30. The van der Waals surface area contributed by atoms with Crippen molar-refractivity contribution in [2.24, 2.45) is 0 Å². The lowest BCUT2D eigenvalue weighted by Gasteiger charge is -2.45. The summed E-state index contributed by atoms with van der Waals surface area (Å²) in [5, 5.41) is 5.33. The summed E-state index contributed by atoms with van der Waals surface area (Å²) < 4.78 is 5.75. The lowest BCUT2D eigenvalue weighted by Crippen LogP contribution is -2.59. The zero-order valence-corrected chi connectivity index (χ0v) is 15.6. The number of nitrogens with zero attached hydrogens (tertiary/aromatic N) is 2. The molecule has 1 saturated heterocycles. The van der Waals surface area contributed by atoms with Crippen molar-refractivity contribution in [2.75, 3.05) is 25.0 Å². The van der Waals surface area contributed by atoms with Gasteiger partial charge in [0.25, 0.3) is 0 Å². The van der Waals surface area contributed by atoms with Gasteiger partial charge in [-0.25, -0.2) is 0 Å². The smallest absolute Gasteiger partial charge is 0.313 e. The number of morpholine rings is 1. The fourth-order valence-corrected chi connectivity index (χ4v) is 2.93. The predicted molar refractivity (Wildman–Crippen MR) is 96.3 cm³/mol. The number of carbonyl (C=O) groups excluding carboxylic acids is 2. The topological polar surface area (TPSA) is 83.6 Å². The van der Waals surface area contributed by atoms with Crippen molar-refractivity contribution < 1.29 is 14.3 Å². The Bertz CT molecular complexity index is 623. The number of rotatable bonds is 4. The van der Waals surface area contributed by atoms with Gasteiger partial charge in [-0.2, -0.15) is 0 Å². The summed E-state index contributed by atoms with van der Waals surface area (Å²) in [5.74, 6) is -1.33. The van der Waals surface area contributed by atoms with E-state index in [0.29, 0.717) is 12.2 Å². The molecule has 138 valence electrons. The molecular formula is C18H28N4O3. The van der Waals surface area contributed by atoms with Crippen molar-refractivity contribution in [3.63, 3.8) is 0 Å². The predicted octanol–water partition coefficient (Wildman–Crippen LogP) is 1.33. The van der Waals surface area contributed by atoms with Gasteiger partial charge in [0.2, 0.25) is 0 Å². The van der Waals surface area contributed by atoms with Crippen LogP contribution in [0.5, 0.6) is 0 Å². The molecule has 0 unspecified atom stereocenters. The van der Waals surface area contributed by atoms with Crippen LogP contribution in [0.2, 0.25) is 0 Å². The van der Waals surface area contributed by atoms with Crippen molar-refractivity contribution in [2.45, 2.75) is 52.4 Å². The molecule has 0 saturated carbocycles. The largest absolute Gasteiger partial charge is 0.373 e. The summed E-state index contributed by atoms with van der Waals surface area (Å²) >= 11 is 0. The number of aryl methyl sites for hydroxylation is 1. The second kappa shape index (κ2) is 7.93. The summed E-state index contributed by atoms with van der Waals surface area (Å²) in [6.45, 7) is 12.0. The van der Waals surface area contributed by atoms with Crippen LogP contribution in [0.25, 0.3) is 0 Å². The molecule has 2 amide bonds. The quantitative estimate of drug-likeness (QED) is 0.802. The summed E-state index contributed by atoms with van der Waals surface area (Å²) in [6.07, 6.45) is 3.46. The highest BCUT2D eigenvalue weighted by atomic mass is 16.5. The molecule has 2 rings (SSSR count). The van der Waals surface area contributed by atoms with E-state index >= 15 is 0 Å². The minimum absolute atomic E-state index is 0.149. The number of anilines is 1. The number of hydrogen-bond donors (Lipinski definition) is 2. The summed E-state index contributed by atoms with van der Waals surface area (Å²) in [4.78, 5) is 30.4. The van der Waals surface area contributed by atoms with E-state index in [-0.39, 0.29) is 17.7 Å². The number of ether oxygens (including phenoxy) is 1. The molecular weight excluding hydrogens is 320 g/mol. The third-order valence-corrected chi connectivity index (χ3v) is 4.45. The van der Waals surface area contributed by atoms with E-state index in [1.165, 1.54) is 6.20 Å². The molecule has 0 bridgehead atoms. The third-order valence-electron chi connectivity index (χ3n) is 4.45. The van der Waals surface area contributed by atoms with Gasteiger partial charge in [0.15, 0.2) is 0 Å². The molecule has 7 heteroatoms. The van der Waals surface area contributed by atoms with E-state index < -0.39 is 11.8 Å². The first-order valence-electron chi connectivity index (χ1n) is 8.59. The fourth-order valence-electron chi connectivity index (χ4n) is 2.93. The maximum atomic E-state index is 12.1. The molecule has 0 aromatic carbocycles. The molecule has 2 heterocycles. The van der Waals surface area contributed by atoms with E-state index in [4.69, 9.17) is 4.74 Å². The standard InChI is InChI=1S/C18H28N4O3/c1-12-6-7-19-8-15(12)21-17(24)16(23)20-11-18(4,5)22-9-13(2)25-14(3)10-22/h6-8,13-14H,9-11H2,1-5H3,(H,20,23)(H,21,24)/t13-,14+. The Morgan fingerprint density at radius 1 is 1.28 bits per heavy atom. The highest BCUT2D eigenvalue weighted by molar-refractivity contribution is 6.39. The van der Waals surface area contributed by atoms with E-state index in [9.17, 15) is 9.59 Å². The van der Waals surface area contributed by atoms with Crippen LogP contribution in [0.1, 0.15) is 33.3 Å². The van der Waals surface area contributed by atoms with Crippen molar-refractivity contribution in [1.29, 1.82) is 0 Å². The maximum absolute atomic E-state index is 12.1. The lowest BCUT2D eigenvalue weighted by molar-refractivity contribution is -0.137. The van der Waals surface area contributed by atoms with Crippen molar-refractivity contribution >= 4 is 17.5 Å². The van der Waals surface area contributed by atoms with Gasteiger partial charge in [-0.3, -0.25) is 19.5 Å². The molecule has 0 radical (unpaired) electrons. The molecule has 0 spiro atoms. The van der Waals surface area contributed by atoms with Crippen molar-refractivity contribution in [3.05, 3.63) is 24.0 Å². The van der Waals surface area contributed by atoms with E-state index in [1.54, 1.807) is 12.3 Å². The van der Waals surface area contributed by atoms with Crippen LogP contribution in [-0.2, 0) is 14.3 Å². The lowest BCUT2D eigenvalue weighted by atomic mass is 10.00. The van der Waals surface area contributed by atoms with Crippen LogP contribution >= 0.6 is 0 Å². The molecule has 1 fully saturated rings. The molecule has 2 N–H and O–H groups in total. The number of carbonyl (C=O) groups is 2. The molecule has 1 aliphatic rings. The Hall–Kier alpha value is -1.99. The summed E-state index contributed by atoms with van der Waals surface area (Å²) in [7, 11) is 0. The van der Waals surface area contributed by atoms with Crippen molar-refractivity contribution in [3.8, 4) is 0 Å². The zero-order valence-electron chi connectivity index (χ0n) is 15.6. The van der Waals surface area contributed by atoms with Crippen LogP contribution in [0.15, 0.2) is 18.5 Å². The fraction of sp³-hybridized carbons (Fsp3) is 0.611. The Morgan fingerprint density at radius 3 is 2.52 bits per heavy atom. The van der Waals surface area contributed by atoms with E-state index in [0.717, 1.165) is 18.7 Å². The molecule has 25 heavy (non-hydrogen) atoms. The number of aromatic nitrogens is 1. The highest BCUT2D eigenvalue weighted by Crippen LogP contribution is 2.20. The molecule has 1 aromatic heterocycles. The monoisotopic (exact) mass is 348 g/mol. The normalized spacial score (nSPS) is 21.6. The SMILES string of the molecule is Cc1ccncc1NC(=O)C(=O)NCC(C)(C)N1C[C@@H](C)O[C@@H](C)C1. The first-order chi connectivity index (χ1) is 11.7. The Morgan fingerprint density at radius 2 is 1.92 bits per heavy atom. The van der Waals surface area contributed by atoms with Gasteiger partial charge in [-0.15, -0.1) is 0 Å². The minimum atomic E-state index is -0.685. The van der Waals surface area contributed by atoms with Gasteiger partial charge in [0.1, 0.15) is 0 Å². The maximum Gasteiger partial charge on any atom is 0.313 e. The van der Waals surface area contributed by atoms with Crippen LogP contribution < -0.4 is 10.6 Å². The molecule has 1 aromatic rings. The van der Waals surface area contributed by atoms with Gasteiger partial charge in [-0.05, 0) is 46.2 Å². The average molecular weight is 348 g/mol. The molecule has 1 aliphatic heterocycles.